The van der Waals surface area contributed by atoms with Crippen molar-refractivity contribution in [1.82, 2.24) is 10.4 Å². The van der Waals surface area contributed by atoms with E-state index in [4.69, 9.17) is 11.5 Å². The van der Waals surface area contributed by atoms with Crippen molar-refractivity contribution in [3.05, 3.63) is 0 Å². The standard InChI is InChI=1S/C7H14N4O2/c8-6(12)5-2-1-3-11(7(9)13)10-4-5/h5,10H,1-4H2,(H2,8,12)(H2,9,13). The second-order valence-electron chi connectivity index (χ2n) is 3.09. The van der Waals surface area contributed by atoms with E-state index in [1.807, 2.05) is 0 Å². The summed E-state index contributed by atoms with van der Waals surface area (Å²) < 4.78 is 0. The van der Waals surface area contributed by atoms with Gasteiger partial charge in [-0.3, -0.25) is 9.80 Å². The molecule has 0 saturated carbocycles. The average molecular weight is 186 g/mol. The number of hydrogen-bond donors (Lipinski definition) is 3. The third-order valence-corrected chi connectivity index (χ3v) is 2.13. The zero-order chi connectivity index (χ0) is 9.84. The lowest BCUT2D eigenvalue weighted by Crippen LogP contribution is -2.47. The molecule has 13 heavy (non-hydrogen) atoms. The molecule has 0 bridgehead atoms. The van der Waals surface area contributed by atoms with Crippen LogP contribution in [0.4, 0.5) is 4.79 Å². The number of hydrogen-bond acceptors (Lipinski definition) is 3. The summed E-state index contributed by atoms with van der Waals surface area (Å²) in [5.74, 6) is -0.539. The summed E-state index contributed by atoms with van der Waals surface area (Å²) in [6.45, 7) is 0.914. The summed E-state index contributed by atoms with van der Waals surface area (Å²) >= 11 is 0. The van der Waals surface area contributed by atoms with Gasteiger partial charge in [-0.1, -0.05) is 0 Å². The Bertz CT molecular complexity index is 197. The first-order valence-corrected chi connectivity index (χ1v) is 4.21. The van der Waals surface area contributed by atoms with Crippen molar-refractivity contribution in [2.45, 2.75) is 12.8 Å². The molecule has 0 aromatic rings. The van der Waals surface area contributed by atoms with E-state index in [1.165, 1.54) is 5.01 Å². The molecule has 3 amide bonds. The topological polar surface area (TPSA) is 101 Å². The van der Waals surface area contributed by atoms with Crippen LogP contribution in [0, 0.1) is 5.92 Å². The highest BCUT2D eigenvalue weighted by Gasteiger charge is 2.21. The van der Waals surface area contributed by atoms with Crippen LogP contribution in [0.1, 0.15) is 12.8 Å². The van der Waals surface area contributed by atoms with Crippen LogP contribution in [0.5, 0.6) is 0 Å². The maximum Gasteiger partial charge on any atom is 0.329 e. The van der Waals surface area contributed by atoms with Crippen molar-refractivity contribution in [2.24, 2.45) is 17.4 Å². The highest BCUT2D eigenvalue weighted by atomic mass is 16.2. The van der Waals surface area contributed by atoms with Gasteiger partial charge in [0.05, 0.1) is 5.92 Å². The lowest BCUT2D eigenvalue weighted by molar-refractivity contribution is -0.121. The SMILES string of the molecule is NC(=O)C1CCCN(C(N)=O)NC1. The first-order chi connectivity index (χ1) is 6.11. The van der Waals surface area contributed by atoms with Gasteiger partial charge < -0.3 is 11.5 Å². The first-order valence-electron chi connectivity index (χ1n) is 4.21. The molecule has 1 fully saturated rings. The minimum atomic E-state index is -0.523. The van der Waals surface area contributed by atoms with Gasteiger partial charge in [0.15, 0.2) is 0 Å². The van der Waals surface area contributed by atoms with Crippen LogP contribution in [-0.4, -0.2) is 30.0 Å². The highest BCUT2D eigenvalue weighted by Crippen LogP contribution is 2.09. The van der Waals surface area contributed by atoms with E-state index in [-0.39, 0.29) is 11.8 Å². The summed E-state index contributed by atoms with van der Waals surface area (Å²) in [5.41, 5.74) is 13.0. The number of urea groups is 1. The van der Waals surface area contributed by atoms with E-state index in [9.17, 15) is 9.59 Å². The molecule has 1 atom stereocenters. The van der Waals surface area contributed by atoms with E-state index in [0.29, 0.717) is 19.5 Å². The minimum absolute atomic E-state index is 0.204. The van der Waals surface area contributed by atoms with Crippen molar-refractivity contribution >= 4 is 11.9 Å². The third-order valence-electron chi connectivity index (χ3n) is 2.13. The van der Waals surface area contributed by atoms with Gasteiger partial charge in [0.2, 0.25) is 5.91 Å². The molecular formula is C7H14N4O2. The molecule has 1 aliphatic heterocycles. The maximum absolute atomic E-state index is 10.8. The molecule has 1 aliphatic rings. The van der Waals surface area contributed by atoms with Gasteiger partial charge in [-0.25, -0.2) is 10.2 Å². The van der Waals surface area contributed by atoms with E-state index in [1.54, 1.807) is 0 Å². The average Bonchev–Trinajstić information content (AvgIpc) is 2.27. The van der Waals surface area contributed by atoms with E-state index < -0.39 is 6.03 Å². The normalized spacial score (nSPS) is 23.7. The van der Waals surface area contributed by atoms with E-state index >= 15 is 0 Å². The molecule has 6 heteroatoms. The van der Waals surface area contributed by atoms with Crippen molar-refractivity contribution < 1.29 is 9.59 Å². The lowest BCUT2D eigenvalue weighted by Gasteiger charge is -2.18. The number of nitrogens with two attached hydrogens (primary N) is 2. The molecule has 5 N–H and O–H groups in total. The molecule has 0 aromatic heterocycles. The molecule has 0 aliphatic carbocycles. The number of nitrogens with one attached hydrogen (secondary N) is 1. The molecule has 6 nitrogen and oxygen atoms in total. The fourth-order valence-corrected chi connectivity index (χ4v) is 1.33. The fraction of sp³-hybridized carbons (Fsp3) is 0.714. The Hall–Kier alpha value is -1.30. The molecule has 1 saturated heterocycles. The molecule has 0 aromatic carbocycles. The predicted molar refractivity (Wildman–Crippen MR) is 46.2 cm³/mol. The van der Waals surface area contributed by atoms with Crippen LogP contribution in [0.15, 0.2) is 0 Å². The molecule has 1 rings (SSSR count). The number of carbonyl (C=O) groups excluding carboxylic acids is 2. The third kappa shape index (κ3) is 2.59. The van der Waals surface area contributed by atoms with Gasteiger partial charge >= 0.3 is 6.03 Å². The number of hydrazine groups is 1. The van der Waals surface area contributed by atoms with E-state index in [0.717, 1.165) is 6.42 Å². The predicted octanol–water partition coefficient (Wildman–Crippen LogP) is -1.23. The van der Waals surface area contributed by atoms with Crippen LogP contribution in [-0.2, 0) is 4.79 Å². The molecule has 0 spiro atoms. The van der Waals surface area contributed by atoms with Gasteiger partial charge in [0, 0.05) is 13.1 Å². The number of rotatable bonds is 1. The second kappa shape index (κ2) is 4.08. The monoisotopic (exact) mass is 186 g/mol. The van der Waals surface area contributed by atoms with Gasteiger partial charge in [0.1, 0.15) is 0 Å². The fourth-order valence-electron chi connectivity index (χ4n) is 1.33. The maximum atomic E-state index is 10.8. The Balaban J connectivity index is 2.48. The number of primary amides is 2. The van der Waals surface area contributed by atoms with Crippen LogP contribution in [0.2, 0.25) is 0 Å². The largest absolute Gasteiger partial charge is 0.369 e. The first kappa shape index (κ1) is 9.79. The Morgan fingerprint density at radius 2 is 2.08 bits per heavy atom. The molecular weight excluding hydrogens is 172 g/mol. The Morgan fingerprint density at radius 3 is 2.62 bits per heavy atom. The summed E-state index contributed by atoms with van der Waals surface area (Å²) in [6.07, 6.45) is 1.44. The summed E-state index contributed by atoms with van der Waals surface area (Å²) in [6, 6.07) is -0.523. The Kier molecular flexibility index (Phi) is 3.07. The van der Waals surface area contributed by atoms with Gasteiger partial charge in [0.25, 0.3) is 0 Å². The van der Waals surface area contributed by atoms with Gasteiger partial charge in [-0.2, -0.15) is 0 Å². The smallest absolute Gasteiger partial charge is 0.329 e. The second-order valence-corrected chi connectivity index (χ2v) is 3.09. The molecule has 1 unspecified atom stereocenters. The van der Waals surface area contributed by atoms with Gasteiger partial charge in [-0.15, -0.1) is 0 Å². The van der Waals surface area contributed by atoms with Crippen LogP contribution < -0.4 is 16.9 Å². The summed E-state index contributed by atoms with van der Waals surface area (Å²) in [4.78, 5) is 21.6. The number of nitrogens with zero attached hydrogens (tertiary/aromatic N) is 1. The summed E-state index contributed by atoms with van der Waals surface area (Å²) in [5, 5.41) is 1.31. The minimum Gasteiger partial charge on any atom is -0.369 e. The van der Waals surface area contributed by atoms with Crippen molar-refractivity contribution in [2.75, 3.05) is 13.1 Å². The van der Waals surface area contributed by atoms with Crippen molar-refractivity contribution in [3.63, 3.8) is 0 Å². The van der Waals surface area contributed by atoms with Crippen LogP contribution in [0.3, 0.4) is 0 Å². The molecule has 1 heterocycles. The Morgan fingerprint density at radius 1 is 1.38 bits per heavy atom. The molecule has 74 valence electrons. The number of amides is 3. The zero-order valence-electron chi connectivity index (χ0n) is 7.32. The highest BCUT2D eigenvalue weighted by molar-refractivity contribution is 5.77. The van der Waals surface area contributed by atoms with Gasteiger partial charge in [-0.05, 0) is 12.8 Å². The van der Waals surface area contributed by atoms with Crippen molar-refractivity contribution in [3.8, 4) is 0 Å². The molecule has 0 radical (unpaired) electrons. The van der Waals surface area contributed by atoms with Crippen LogP contribution in [0.25, 0.3) is 0 Å². The summed E-state index contributed by atoms with van der Waals surface area (Å²) in [7, 11) is 0. The lowest BCUT2D eigenvalue weighted by atomic mass is 10.0. The Labute approximate surface area is 76.2 Å². The number of carbonyl (C=O) groups is 2. The zero-order valence-corrected chi connectivity index (χ0v) is 7.32. The van der Waals surface area contributed by atoms with Crippen LogP contribution >= 0.6 is 0 Å². The van der Waals surface area contributed by atoms with E-state index in [2.05, 4.69) is 5.43 Å². The quantitative estimate of drug-likeness (QED) is 0.477. The van der Waals surface area contributed by atoms with Crippen molar-refractivity contribution in [1.29, 1.82) is 0 Å².